The summed E-state index contributed by atoms with van der Waals surface area (Å²) in [4.78, 5) is 25.1. The number of hydrogen-bond acceptors (Lipinski definition) is 6. The third-order valence-electron chi connectivity index (χ3n) is 4.81. The highest BCUT2D eigenvalue weighted by molar-refractivity contribution is 5.69. The molecule has 158 valence electrons. The van der Waals surface area contributed by atoms with Crippen molar-refractivity contribution >= 4 is 17.6 Å². The van der Waals surface area contributed by atoms with Crippen molar-refractivity contribution in [3.05, 3.63) is 23.8 Å². The van der Waals surface area contributed by atoms with E-state index in [4.69, 9.17) is 14.2 Å². The fourth-order valence-electron chi connectivity index (χ4n) is 2.95. The van der Waals surface area contributed by atoms with E-state index in [1.807, 2.05) is 6.92 Å². The van der Waals surface area contributed by atoms with E-state index in [0.29, 0.717) is 38.8 Å². The van der Waals surface area contributed by atoms with Crippen LogP contribution in [0, 0.1) is 6.92 Å². The van der Waals surface area contributed by atoms with Crippen molar-refractivity contribution in [3.63, 3.8) is 0 Å². The molecule has 1 aromatic rings. The van der Waals surface area contributed by atoms with Crippen LogP contribution in [0.3, 0.4) is 0 Å². The van der Waals surface area contributed by atoms with Crippen LogP contribution < -0.4 is 9.64 Å². The summed E-state index contributed by atoms with van der Waals surface area (Å²) in [6, 6.07) is 6.18. The molecule has 6 nitrogen and oxygen atoms in total. The van der Waals surface area contributed by atoms with Gasteiger partial charge in [0, 0.05) is 37.7 Å². The molecule has 0 fully saturated rings. The summed E-state index contributed by atoms with van der Waals surface area (Å²) >= 11 is 0. The number of rotatable bonds is 13. The molecule has 1 rings (SSSR count). The van der Waals surface area contributed by atoms with Gasteiger partial charge in [-0.15, -0.1) is 0 Å². The lowest BCUT2D eigenvalue weighted by Crippen LogP contribution is -2.27. The first-order chi connectivity index (χ1) is 13.4. The van der Waals surface area contributed by atoms with E-state index >= 15 is 0 Å². The third-order valence-corrected chi connectivity index (χ3v) is 4.81. The zero-order chi connectivity index (χ0) is 20.9. The van der Waals surface area contributed by atoms with Gasteiger partial charge in [-0.3, -0.25) is 9.59 Å². The van der Waals surface area contributed by atoms with Gasteiger partial charge >= 0.3 is 11.9 Å². The van der Waals surface area contributed by atoms with Gasteiger partial charge in [0.05, 0.1) is 20.3 Å². The summed E-state index contributed by atoms with van der Waals surface area (Å²) in [5.41, 5.74) is 2.13. The van der Waals surface area contributed by atoms with E-state index in [1.165, 1.54) is 14.2 Å². The van der Waals surface area contributed by atoms with Crippen molar-refractivity contribution in [1.29, 1.82) is 0 Å². The van der Waals surface area contributed by atoms with Gasteiger partial charge in [-0.1, -0.05) is 19.9 Å². The highest BCUT2D eigenvalue weighted by Crippen LogP contribution is 2.28. The van der Waals surface area contributed by atoms with E-state index in [-0.39, 0.29) is 18.0 Å². The Kier molecular flexibility index (Phi) is 11.1. The van der Waals surface area contributed by atoms with Crippen LogP contribution in [0.25, 0.3) is 0 Å². The fraction of sp³-hybridized carbons (Fsp3) is 0.636. The second-order valence-electron chi connectivity index (χ2n) is 6.85. The van der Waals surface area contributed by atoms with Gasteiger partial charge in [0.2, 0.25) is 0 Å². The number of carbonyl (C=O) groups is 2. The number of hydrogen-bond donors (Lipinski definition) is 0. The van der Waals surface area contributed by atoms with Gasteiger partial charge in [0.15, 0.2) is 0 Å². The van der Waals surface area contributed by atoms with Crippen LogP contribution >= 0.6 is 0 Å². The molecule has 0 aliphatic rings. The van der Waals surface area contributed by atoms with Crippen LogP contribution in [0.15, 0.2) is 18.2 Å². The normalized spacial score (nSPS) is 10.6. The molecule has 0 heterocycles. The summed E-state index contributed by atoms with van der Waals surface area (Å²) in [6.07, 6.45) is 4.22. The average molecular weight is 394 g/mol. The van der Waals surface area contributed by atoms with Crippen molar-refractivity contribution < 1.29 is 23.8 Å². The Morgan fingerprint density at radius 2 is 1.50 bits per heavy atom. The van der Waals surface area contributed by atoms with Crippen molar-refractivity contribution in [3.8, 4) is 5.75 Å². The topological polar surface area (TPSA) is 65.1 Å². The summed E-state index contributed by atoms with van der Waals surface area (Å²) in [7, 11) is 2.80. The molecular weight excluding hydrogens is 358 g/mol. The second kappa shape index (κ2) is 13.0. The van der Waals surface area contributed by atoms with Crippen LogP contribution in [-0.4, -0.2) is 45.4 Å². The van der Waals surface area contributed by atoms with Crippen LogP contribution in [0.4, 0.5) is 5.69 Å². The number of ether oxygens (including phenoxy) is 3. The van der Waals surface area contributed by atoms with Crippen LogP contribution in [0.1, 0.15) is 57.9 Å². The number of nitrogens with zero attached hydrogens (tertiary/aromatic N) is 1. The minimum absolute atomic E-state index is 0.195. The van der Waals surface area contributed by atoms with Gasteiger partial charge in [-0.05, 0) is 44.2 Å². The molecule has 6 heteroatoms. The predicted molar refractivity (Wildman–Crippen MR) is 111 cm³/mol. The first-order valence-electron chi connectivity index (χ1n) is 10.1. The summed E-state index contributed by atoms with van der Waals surface area (Å²) < 4.78 is 15.6. The molecule has 1 aromatic carbocycles. The van der Waals surface area contributed by atoms with E-state index < -0.39 is 0 Å². The zero-order valence-electron chi connectivity index (χ0n) is 18.0. The van der Waals surface area contributed by atoms with E-state index in [0.717, 1.165) is 29.8 Å². The molecule has 0 atom stereocenters. The lowest BCUT2D eigenvalue weighted by molar-refractivity contribution is -0.141. The Bertz CT molecular complexity index is 591. The lowest BCUT2D eigenvalue weighted by Gasteiger charge is -2.26. The van der Waals surface area contributed by atoms with Crippen molar-refractivity contribution in [2.24, 2.45) is 0 Å². The molecule has 0 aliphatic heterocycles. The Balaban J connectivity index is 2.90. The molecule has 0 bridgehead atoms. The third kappa shape index (κ3) is 8.19. The minimum atomic E-state index is -0.212. The zero-order valence-corrected chi connectivity index (χ0v) is 18.0. The largest absolute Gasteiger partial charge is 0.490 e. The first kappa shape index (κ1) is 23.8. The lowest BCUT2D eigenvalue weighted by atomic mass is 10.1. The van der Waals surface area contributed by atoms with Crippen molar-refractivity contribution in [2.75, 3.05) is 32.2 Å². The number of aryl methyl sites for hydroxylation is 1. The maximum absolute atomic E-state index is 11.4. The van der Waals surface area contributed by atoms with Crippen molar-refractivity contribution in [2.45, 2.75) is 65.4 Å². The molecule has 28 heavy (non-hydrogen) atoms. The highest BCUT2D eigenvalue weighted by atomic mass is 16.5. The molecule has 0 spiro atoms. The van der Waals surface area contributed by atoms with Gasteiger partial charge < -0.3 is 19.1 Å². The molecule has 0 saturated carbocycles. The molecule has 0 amide bonds. The van der Waals surface area contributed by atoms with Crippen molar-refractivity contribution in [1.82, 2.24) is 0 Å². The maximum Gasteiger partial charge on any atom is 0.305 e. The van der Waals surface area contributed by atoms with Gasteiger partial charge in [-0.25, -0.2) is 0 Å². The quantitative estimate of drug-likeness (QED) is 0.466. The highest BCUT2D eigenvalue weighted by Gasteiger charge is 2.13. The van der Waals surface area contributed by atoms with Gasteiger partial charge in [-0.2, -0.15) is 0 Å². The fourth-order valence-corrected chi connectivity index (χ4v) is 2.95. The molecule has 0 N–H and O–H groups in total. The first-order valence-corrected chi connectivity index (χ1v) is 10.1. The van der Waals surface area contributed by atoms with Crippen LogP contribution in [0.5, 0.6) is 5.75 Å². The summed E-state index contributed by atoms with van der Waals surface area (Å²) in [6.45, 7) is 7.69. The Hall–Kier alpha value is -2.24. The monoisotopic (exact) mass is 393 g/mol. The molecule has 0 radical (unpaired) electrons. The molecule has 0 aromatic heterocycles. The summed E-state index contributed by atoms with van der Waals surface area (Å²) in [5.74, 6) is 0.462. The predicted octanol–water partition coefficient (Wildman–Crippen LogP) is 4.28. The summed E-state index contributed by atoms with van der Waals surface area (Å²) in [5, 5.41) is 0. The van der Waals surface area contributed by atoms with Crippen LogP contribution in [0.2, 0.25) is 0 Å². The maximum atomic E-state index is 11.4. The number of methoxy groups -OCH3 is 2. The minimum Gasteiger partial charge on any atom is -0.490 e. The van der Waals surface area contributed by atoms with E-state index in [1.54, 1.807) is 0 Å². The van der Waals surface area contributed by atoms with Crippen LogP contribution in [-0.2, 0) is 19.1 Å². The second-order valence-corrected chi connectivity index (χ2v) is 6.85. The van der Waals surface area contributed by atoms with E-state index in [9.17, 15) is 9.59 Å². The molecule has 0 unspecified atom stereocenters. The van der Waals surface area contributed by atoms with Gasteiger partial charge in [0.1, 0.15) is 5.75 Å². The Morgan fingerprint density at radius 1 is 0.964 bits per heavy atom. The Labute approximate surface area is 169 Å². The average Bonchev–Trinajstić information content (AvgIpc) is 2.71. The molecular formula is C22H35NO5. The molecule has 0 aliphatic carbocycles. The standard InChI is InChI=1S/C22H35NO5/c1-6-19(7-2)28-20-16-18(13-12-17(20)3)23(14-8-10-21(24)26-4)15-9-11-22(25)27-5/h12-13,16,19H,6-11,14-15H2,1-5H3. The smallest absolute Gasteiger partial charge is 0.305 e. The van der Waals surface area contributed by atoms with E-state index in [2.05, 4.69) is 36.9 Å². The van der Waals surface area contributed by atoms with Gasteiger partial charge in [0.25, 0.3) is 0 Å². The number of esters is 2. The molecule has 0 saturated heterocycles. The SMILES string of the molecule is CCC(CC)Oc1cc(N(CCCC(=O)OC)CCCC(=O)OC)ccc1C. The number of carbonyl (C=O) groups excluding carboxylic acids is 2. The number of anilines is 1. The Morgan fingerprint density at radius 3 is 1.96 bits per heavy atom. The number of benzene rings is 1.